The minimum absolute atomic E-state index is 0.00537. The van der Waals surface area contributed by atoms with Gasteiger partial charge in [-0.1, -0.05) is 41.4 Å². The molecule has 1 amide bonds. The maximum atomic E-state index is 13.2. The molecule has 0 aliphatic carbocycles. The van der Waals surface area contributed by atoms with Crippen LogP contribution in [-0.4, -0.2) is 55.9 Å². The molecule has 11 heteroatoms. The number of carbonyl (C=O) groups is 1. The lowest BCUT2D eigenvalue weighted by Gasteiger charge is -2.23. The van der Waals surface area contributed by atoms with E-state index < -0.39 is 16.0 Å². The SMILES string of the molecule is CN1C(=O)C(NC(=S)NC2CCS(=O)(=O)C2)N=C(c2ccccc2Cl)c2cc(Cl)ccc21. The lowest BCUT2D eigenvalue weighted by Crippen LogP contribution is -2.51. The van der Waals surface area contributed by atoms with Crippen molar-refractivity contribution in [2.45, 2.75) is 18.6 Å². The van der Waals surface area contributed by atoms with Crippen LogP contribution in [0, 0.1) is 0 Å². The first-order valence-corrected chi connectivity index (χ1v) is 12.8. The van der Waals surface area contributed by atoms with Gasteiger partial charge < -0.3 is 15.5 Å². The smallest absolute Gasteiger partial charge is 0.272 e. The summed E-state index contributed by atoms with van der Waals surface area (Å²) in [5.41, 5.74) is 2.43. The van der Waals surface area contributed by atoms with Crippen LogP contribution in [0.5, 0.6) is 0 Å². The molecule has 7 nitrogen and oxygen atoms in total. The Morgan fingerprint density at radius 2 is 1.91 bits per heavy atom. The maximum Gasteiger partial charge on any atom is 0.272 e. The van der Waals surface area contributed by atoms with Gasteiger partial charge in [0.1, 0.15) is 0 Å². The monoisotopic (exact) mass is 510 g/mol. The standard InChI is InChI=1S/C21H20Cl2N4O3S2/c1-27-17-7-6-12(22)10-15(17)18(14-4-2-3-5-16(14)23)25-19(20(27)28)26-21(31)24-13-8-9-32(29,30)11-13/h2-7,10,13,19H,8-9,11H2,1H3,(H2,24,26,31). The molecule has 2 aromatic rings. The van der Waals surface area contributed by atoms with Crippen molar-refractivity contribution in [3.63, 3.8) is 0 Å². The number of hydrogen-bond acceptors (Lipinski definition) is 5. The number of sulfone groups is 1. The summed E-state index contributed by atoms with van der Waals surface area (Å²) in [6, 6.07) is 12.1. The van der Waals surface area contributed by atoms with E-state index >= 15 is 0 Å². The van der Waals surface area contributed by atoms with Gasteiger partial charge in [0.15, 0.2) is 14.9 Å². The molecule has 2 N–H and O–H groups in total. The second kappa shape index (κ2) is 8.97. The average molecular weight is 511 g/mol. The highest BCUT2D eigenvalue weighted by Gasteiger charge is 2.33. The van der Waals surface area contributed by atoms with Crippen molar-refractivity contribution in [1.29, 1.82) is 0 Å². The summed E-state index contributed by atoms with van der Waals surface area (Å²) in [6.45, 7) is 0. The van der Waals surface area contributed by atoms with Crippen LogP contribution in [0.2, 0.25) is 10.0 Å². The molecule has 0 radical (unpaired) electrons. The largest absolute Gasteiger partial charge is 0.359 e. The number of anilines is 1. The van der Waals surface area contributed by atoms with Gasteiger partial charge in [0.25, 0.3) is 5.91 Å². The van der Waals surface area contributed by atoms with Gasteiger partial charge >= 0.3 is 0 Å². The predicted octanol–water partition coefficient (Wildman–Crippen LogP) is 2.78. The zero-order valence-electron chi connectivity index (χ0n) is 17.0. The van der Waals surface area contributed by atoms with E-state index in [0.29, 0.717) is 39.0 Å². The van der Waals surface area contributed by atoms with Crippen LogP contribution in [0.25, 0.3) is 0 Å². The molecule has 1 fully saturated rings. The molecule has 0 bridgehead atoms. The second-order valence-electron chi connectivity index (χ2n) is 7.64. The number of nitrogens with one attached hydrogen (secondary N) is 2. The molecule has 2 heterocycles. The van der Waals surface area contributed by atoms with Crippen LogP contribution < -0.4 is 15.5 Å². The summed E-state index contributed by atoms with van der Waals surface area (Å²) in [5, 5.41) is 7.05. The van der Waals surface area contributed by atoms with E-state index in [0.717, 1.165) is 0 Å². The summed E-state index contributed by atoms with van der Waals surface area (Å²) >= 11 is 18.1. The van der Waals surface area contributed by atoms with Crippen molar-refractivity contribution in [3.05, 3.63) is 63.6 Å². The van der Waals surface area contributed by atoms with Crippen LogP contribution in [0.4, 0.5) is 5.69 Å². The molecular formula is C21H20Cl2N4O3S2. The van der Waals surface area contributed by atoms with Gasteiger partial charge in [-0.2, -0.15) is 0 Å². The fraction of sp³-hybridized carbons (Fsp3) is 0.286. The zero-order chi connectivity index (χ0) is 23.0. The van der Waals surface area contributed by atoms with E-state index in [1.54, 1.807) is 31.3 Å². The number of thiocarbonyl (C=S) groups is 1. The number of benzodiazepines with no additional fused rings is 1. The van der Waals surface area contributed by atoms with Crippen LogP contribution in [0.3, 0.4) is 0 Å². The number of fused-ring (bicyclic) bond motifs is 1. The van der Waals surface area contributed by atoms with Gasteiger partial charge in [-0.15, -0.1) is 0 Å². The van der Waals surface area contributed by atoms with Crippen LogP contribution >= 0.6 is 35.4 Å². The second-order valence-corrected chi connectivity index (χ2v) is 11.1. The Labute approximate surface area is 201 Å². The van der Waals surface area contributed by atoms with E-state index in [1.807, 2.05) is 18.2 Å². The van der Waals surface area contributed by atoms with Crippen molar-refractivity contribution < 1.29 is 13.2 Å². The first kappa shape index (κ1) is 23.0. The summed E-state index contributed by atoms with van der Waals surface area (Å²) in [4.78, 5) is 19.4. The molecule has 168 valence electrons. The highest BCUT2D eigenvalue weighted by molar-refractivity contribution is 7.91. The first-order valence-electron chi connectivity index (χ1n) is 9.82. The van der Waals surface area contributed by atoms with Crippen molar-refractivity contribution in [1.82, 2.24) is 10.6 Å². The van der Waals surface area contributed by atoms with Gasteiger partial charge in [-0.05, 0) is 42.9 Å². The zero-order valence-corrected chi connectivity index (χ0v) is 20.2. The Morgan fingerprint density at radius 3 is 2.59 bits per heavy atom. The number of hydrogen-bond donors (Lipinski definition) is 2. The lowest BCUT2D eigenvalue weighted by atomic mass is 10.00. The number of carbonyl (C=O) groups excluding carboxylic acids is 1. The molecule has 2 aromatic carbocycles. The molecule has 32 heavy (non-hydrogen) atoms. The van der Waals surface area contributed by atoms with Crippen molar-refractivity contribution in [2.75, 3.05) is 23.5 Å². The molecule has 0 aromatic heterocycles. The molecule has 0 spiro atoms. The van der Waals surface area contributed by atoms with E-state index in [4.69, 9.17) is 35.4 Å². The number of likely N-dealkylation sites (N-methyl/N-ethyl adjacent to an activating group) is 1. The Balaban J connectivity index is 1.70. The van der Waals surface area contributed by atoms with Gasteiger partial charge in [0, 0.05) is 34.3 Å². The van der Waals surface area contributed by atoms with Crippen molar-refractivity contribution in [2.24, 2.45) is 4.99 Å². The van der Waals surface area contributed by atoms with Crippen molar-refractivity contribution in [3.8, 4) is 0 Å². The number of aliphatic imine (C=N–C) groups is 1. The van der Waals surface area contributed by atoms with Gasteiger partial charge in [0.2, 0.25) is 6.17 Å². The Morgan fingerprint density at radius 1 is 1.16 bits per heavy atom. The molecule has 4 rings (SSSR count). The normalized spacial score (nSPS) is 22.0. The molecule has 2 aliphatic rings. The fourth-order valence-electron chi connectivity index (χ4n) is 3.77. The van der Waals surface area contributed by atoms with E-state index in [2.05, 4.69) is 15.6 Å². The quantitative estimate of drug-likeness (QED) is 0.617. The molecule has 0 saturated carbocycles. The number of amides is 1. The average Bonchev–Trinajstić information content (AvgIpc) is 3.04. The molecule has 2 unspecified atom stereocenters. The predicted molar refractivity (Wildman–Crippen MR) is 132 cm³/mol. The third kappa shape index (κ3) is 4.76. The van der Waals surface area contributed by atoms with Gasteiger partial charge in [-0.25, -0.2) is 13.4 Å². The maximum absolute atomic E-state index is 13.2. The summed E-state index contributed by atoms with van der Waals surface area (Å²) in [5.74, 6) is -0.215. The number of nitrogens with zero attached hydrogens (tertiary/aromatic N) is 2. The number of rotatable bonds is 3. The lowest BCUT2D eigenvalue weighted by molar-refractivity contribution is -0.119. The Hall–Kier alpha value is -2.20. The fourth-order valence-corrected chi connectivity index (χ4v) is 6.12. The third-order valence-corrected chi connectivity index (χ3v) is 7.93. The first-order chi connectivity index (χ1) is 15.1. The molecule has 1 saturated heterocycles. The molecule has 2 atom stereocenters. The molecular weight excluding hydrogens is 491 g/mol. The summed E-state index contributed by atoms with van der Waals surface area (Å²) in [7, 11) is -1.42. The minimum atomic E-state index is -3.07. The minimum Gasteiger partial charge on any atom is -0.359 e. The van der Waals surface area contributed by atoms with Gasteiger partial charge in [-0.3, -0.25) is 4.79 Å². The molecule has 2 aliphatic heterocycles. The number of halogens is 2. The summed E-state index contributed by atoms with van der Waals surface area (Å²) in [6.07, 6.45) is -0.587. The van der Waals surface area contributed by atoms with E-state index in [9.17, 15) is 13.2 Å². The Kier molecular flexibility index (Phi) is 6.44. The highest BCUT2D eigenvalue weighted by atomic mass is 35.5. The van der Waals surface area contributed by atoms with Crippen LogP contribution in [0.1, 0.15) is 17.5 Å². The van der Waals surface area contributed by atoms with E-state index in [-0.39, 0.29) is 28.6 Å². The highest BCUT2D eigenvalue weighted by Crippen LogP contribution is 2.31. The van der Waals surface area contributed by atoms with E-state index in [1.165, 1.54) is 4.90 Å². The van der Waals surface area contributed by atoms with Crippen LogP contribution in [0.15, 0.2) is 47.5 Å². The third-order valence-electron chi connectivity index (χ3n) is 5.36. The number of benzene rings is 2. The van der Waals surface area contributed by atoms with Gasteiger partial charge in [0.05, 0.1) is 22.9 Å². The Bertz CT molecular complexity index is 1230. The van der Waals surface area contributed by atoms with Crippen molar-refractivity contribution >= 4 is 67.7 Å². The topological polar surface area (TPSA) is 90.9 Å². The van der Waals surface area contributed by atoms with Crippen LogP contribution in [-0.2, 0) is 14.6 Å². The summed E-state index contributed by atoms with van der Waals surface area (Å²) < 4.78 is 23.5.